The molecule has 4 fully saturated rings. The van der Waals surface area contributed by atoms with Gasteiger partial charge in [0.25, 0.3) is 5.92 Å². The minimum atomic E-state index is -4.88. The Labute approximate surface area is 702 Å². The van der Waals surface area contributed by atoms with Crippen LogP contribution in [0.3, 0.4) is 0 Å². The molecule has 123 heavy (non-hydrogen) atoms. The number of hydrogen-bond acceptors (Lipinski definition) is 14. The van der Waals surface area contributed by atoms with Crippen molar-refractivity contribution in [3.63, 3.8) is 0 Å². The van der Waals surface area contributed by atoms with Gasteiger partial charge in [-0.3, -0.25) is 24.2 Å². The number of cyclic esters (lactones) is 4. The van der Waals surface area contributed by atoms with Gasteiger partial charge < -0.3 is 23.7 Å². The van der Waals surface area contributed by atoms with Gasteiger partial charge in [-0.1, -0.05) is 187 Å². The number of carbonyl (C=O) groups excluding carboxylic acids is 8. The van der Waals surface area contributed by atoms with Gasteiger partial charge >= 0.3 is 36.9 Å². The van der Waals surface area contributed by atoms with E-state index in [0.29, 0.717) is 61.4 Å². The van der Waals surface area contributed by atoms with E-state index < -0.39 is 120 Å². The molecule has 0 saturated carbocycles. The molecule has 10 aromatic carbocycles. The number of ether oxygens (including phenoxy) is 5. The third-order valence-electron chi connectivity index (χ3n) is 22.2. The van der Waals surface area contributed by atoms with E-state index in [1.807, 2.05) is 136 Å². The summed E-state index contributed by atoms with van der Waals surface area (Å²) in [5.74, 6) is -5.86. The second-order valence-corrected chi connectivity index (χ2v) is 31.1. The third-order valence-corrected chi connectivity index (χ3v) is 22.2. The molecule has 0 spiro atoms. The zero-order chi connectivity index (χ0) is 88.1. The first-order chi connectivity index (χ1) is 58.5. The fourth-order valence-electron chi connectivity index (χ4n) is 16.4. The van der Waals surface area contributed by atoms with Crippen molar-refractivity contribution in [1.29, 1.82) is 0 Å². The number of halogens is 9. The van der Waals surface area contributed by atoms with Crippen molar-refractivity contribution in [1.82, 2.24) is 24.6 Å². The number of fused-ring (bicyclic) bond motifs is 4. The molecule has 0 bridgehead atoms. The van der Waals surface area contributed by atoms with Crippen molar-refractivity contribution in [3.8, 4) is 5.75 Å². The topological polar surface area (TPSA) is 209 Å². The Hall–Kier alpha value is -13.2. The molecule has 0 unspecified atom stereocenters. The molecule has 5 heterocycles. The highest BCUT2D eigenvalue weighted by atomic mass is 19.4. The van der Waals surface area contributed by atoms with E-state index in [1.165, 1.54) is 47.2 Å². The summed E-state index contributed by atoms with van der Waals surface area (Å²) in [6.07, 6.45) is -5.43. The number of allylic oxidation sites excluding steroid dienone is 1. The van der Waals surface area contributed by atoms with Crippen molar-refractivity contribution in [2.75, 3.05) is 0 Å². The van der Waals surface area contributed by atoms with Gasteiger partial charge in [-0.05, 0) is 205 Å². The molecular weight excluding hydrogens is 1600 g/mol. The number of benzene rings is 10. The first-order valence-corrected chi connectivity index (χ1v) is 39.9. The summed E-state index contributed by atoms with van der Waals surface area (Å²) in [5, 5.41) is 5.88. The Bertz CT molecular complexity index is 5840. The second-order valence-electron chi connectivity index (χ2n) is 31.1. The van der Waals surface area contributed by atoms with Crippen LogP contribution in [0, 0.1) is 26.6 Å². The number of hydrogen-bond donors (Lipinski definition) is 0. The highest BCUT2D eigenvalue weighted by molar-refractivity contribution is 5.99. The molecule has 4 saturated heterocycles. The Morgan fingerprint density at radius 1 is 0.423 bits per heavy atom. The number of aromatic nitrogens is 1. The minimum Gasteiger partial charge on any atom is -0.439 e. The largest absolute Gasteiger partial charge is 0.573 e. The van der Waals surface area contributed by atoms with Crippen molar-refractivity contribution < 1.29 is 102 Å². The number of pyridine rings is 1. The van der Waals surface area contributed by atoms with Crippen LogP contribution in [0.15, 0.2) is 225 Å². The van der Waals surface area contributed by atoms with Gasteiger partial charge in [0.2, 0.25) is 23.6 Å². The number of alkyl halides is 8. The molecule has 4 aliphatic heterocycles. The molecule has 0 radical (unpaired) electrons. The lowest BCUT2D eigenvalue weighted by Crippen LogP contribution is -2.38. The number of nitrogens with zero attached hydrogens (tertiary/aromatic N) is 5. The van der Waals surface area contributed by atoms with Crippen molar-refractivity contribution in [2.45, 2.75) is 174 Å². The third kappa shape index (κ3) is 20.2. The van der Waals surface area contributed by atoms with Crippen molar-refractivity contribution >= 4 is 86.4 Å². The van der Waals surface area contributed by atoms with E-state index in [4.69, 9.17) is 18.9 Å². The molecule has 1 aromatic heterocycles. The van der Waals surface area contributed by atoms with Gasteiger partial charge in [-0.15, -0.1) is 13.2 Å². The SMILES string of the molecule is C[C@H]1[C@@H](c2cc(C(C)(F)F)cc(C(F)(F)F)c2)OC(=O)N1C(=O)Cc1cccc2ccccc12.C[C@H]1[C@@H](c2cccc(OC(F)(F)F)c2)OC(=O)N1C(=O)CCc1cccc2ccccc12.Cc1cc(C)cc([C@H]2OC(=O)N(C(=O)CCc3cccc4c3C=CC4)[C@H]2C)c1.Cc1cc(F)cc([C@H]2OC(=O)N(C(=O)CCc3cncc4ccccc34)[C@H]2C)c1. The lowest BCUT2D eigenvalue weighted by molar-refractivity contribution is -0.274. The van der Waals surface area contributed by atoms with Crippen LogP contribution >= 0.6 is 0 Å². The first-order valence-electron chi connectivity index (χ1n) is 39.9. The van der Waals surface area contributed by atoms with Crippen molar-refractivity contribution in [3.05, 3.63) is 314 Å². The van der Waals surface area contributed by atoms with Gasteiger partial charge in [0.05, 0.1) is 36.2 Å². The fraction of sp³-hybridized carbons (Fsp3) is 0.281. The molecule has 11 aromatic rings. The lowest BCUT2D eigenvalue weighted by atomic mass is 9.95. The van der Waals surface area contributed by atoms with Gasteiger partial charge in [0.15, 0.2) is 0 Å². The van der Waals surface area contributed by atoms with Crippen LogP contribution in [0.5, 0.6) is 5.75 Å². The summed E-state index contributed by atoms with van der Waals surface area (Å²) in [5.41, 5.74) is 8.67. The molecular formula is C96H86F9N5O13. The number of rotatable bonds is 17. The summed E-state index contributed by atoms with van der Waals surface area (Å²) in [4.78, 5) is 110. The summed E-state index contributed by atoms with van der Waals surface area (Å²) in [7, 11) is 0. The van der Waals surface area contributed by atoms with Gasteiger partial charge in [0, 0.05) is 49.5 Å². The fourth-order valence-corrected chi connectivity index (χ4v) is 16.4. The molecule has 8 atom stereocenters. The molecule has 27 heteroatoms. The van der Waals surface area contributed by atoms with E-state index in [-0.39, 0.29) is 42.7 Å². The standard InChI is InChI=1S/C25H20F5NO3.C24H20F3NO4.C24H25NO3.C23H21FN2O3/c1-14-22(17-10-18(24(2,26)27)13-19(11-17)25(28,29)30)34-23(33)31(14)21(32)12-16-8-5-7-15-6-3-4-9-20(15)16;1-15-22(18-9-5-10-19(14-18)32-24(25,26)27)31-23(30)28(15)21(29)13-12-17-8-4-7-16-6-2-3-11-20(16)17;1-15-12-16(2)14-20(13-15)23-17(3)25(24(27)28-23)22(26)11-10-19-7-4-6-18-8-5-9-21(18)19;1-14-9-18(11-19(24)10-14)22-15(2)26(23(28)29-22)21(27)8-7-17-13-25-12-16-5-3-4-6-20(16)17/h3-11,13-14,22H,12H2,1-2H3;2-11,14-15,22H,12-13H2,1H3;4-7,9,12-14,17,23H,8,10-11H2,1-3H3;3-6,9-13,15,22H,7-8H2,1-2H3/t14-,22-;15-,22-;17-,23-;15-,22-/m0000/s1. The van der Waals surface area contributed by atoms with E-state index in [1.54, 1.807) is 51.4 Å². The quantitative estimate of drug-likeness (QED) is 0.0614. The number of amides is 8. The zero-order valence-electron chi connectivity index (χ0n) is 68.2. The van der Waals surface area contributed by atoms with Crippen LogP contribution in [0.2, 0.25) is 0 Å². The van der Waals surface area contributed by atoms with Gasteiger partial charge in [0.1, 0.15) is 36.0 Å². The molecule has 0 N–H and O–H groups in total. The molecule has 18 nitrogen and oxygen atoms in total. The Morgan fingerprint density at radius 3 is 1.36 bits per heavy atom. The van der Waals surface area contributed by atoms with Crippen molar-refractivity contribution in [2.24, 2.45) is 0 Å². The van der Waals surface area contributed by atoms with Gasteiger partial charge in [-0.25, -0.2) is 51.9 Å². The number of imide groups is 4. The van der Waals surface area contributed by atoms with E-state index in [2.05, 4.69) is 40.1 Å². The number of aryl methyl sites for hydroxylation is 6. The highest BCUT2D eigenvalue weighted by Crippen LogP contribution is 2.43. The average molecular weight is 1690 g/mol. The number of carbonyl (C=O) groups is 8. The molecule has 16 rings (SSSR count). The summed E-state index contributed by atoms with van der Waals surface area (Å²) < 4.78 is 145. The van der Waals surface area contributed by atoms with Gasteiger partial charge in [-0.2, -0.15) is 13.2 Å². The predicted molar refractivity (Wildman–Crippen MR) is 441 cm³/mol. The molecule has 636 valence electrons. The molecule has 8 amide bonds. The van der Waals surface area contributed by atoms with Crippen LogP contribution < -0.4 is 4.74 Å². The smallest absolute Gasteiger partial charge is 0.439 e. The minimum absolute atomic E-state index is 0.0946. The highest BCUT2D eigenvalue weighted by Gasteiger charge is 2.48. The average Bonchev–Trinajstić information content (AvgIpc) is 1.66. The maximum Gasteiger partial charge on any atom is 0.573 e. The maximum absolute atomic E-state index is 13.9. The van der Waals surface area contributed by atoms with Crippen LogP contribution in [0.4, 0.5) is 58.7 Å². The normalized spacial score (nSPS) is 19.2. The van der Waals surface area contributed by atoms with Crippen LogP contribution in [0.25, 0.3) is 38.4 Å². The second kappa shape index (κ2) is 36.6. The zero-order valence-corrected chi connectivity index (χ0v) is 68.2. The summed E-state index contributed by atoms with van der Waals surface area (Å²) >= 11 is 0. The van der Waals surface area contributed by atoms with Crippen LogP contribution in [0.1, 0.15) is 162 Å². The Kier molecular flexibility index (Phi) is 26.1. The maximum atomic E-state index is 13.9. The van der Waals surface area contributed by atoms with E-state index >= 15 is 0 Å². The van der Waals surface area contributed by atoms with Crippen LogP contribution in [-0.4, -0.2) is 103 Å². The van der Waals surface area contributed by atoms with E-state index in [9.17, 15) is 77.9 Å². The molecule has 5 aliphatic rings. The first kappa shape index (κ1) is 87.6. The predicted octanol–water partition coefficient (Wildman–Crippen LogP) is 22.0. The van der Waals surface area contributed by atoms with E-state index in [0.717, 1.165) is 111 Å². The lowest BCUT2D eigenvalue weighted by Gasteiger charge is -2.22. The van der Waals surface area contributed by atoms with Crippen LogP contribution in [-0.2, 0) is 82.3 Å². The monoisotopic (exact) mass is 1690 g/mol. The Balaban J connectivity index is 0.000000141. The molecule has 1 aliphatic carbocycles. The Morgan fingerprint density at radius 2 is 0.837 bits per heavy atom. The summed E-state index contributed by atoms with van der Waals surface area (Å²) in [6.45, 7) is 13.0. The summed E-state index contributed by atoms with van der Waals surface area (Å²) in [6, 6.07) is 55.8.